The average molecular weight is 255 g/mol. The minimum absolute atomic E-state index is 0.0221. The average Bonchev–Trinajstić information content (AvgIpc) is 2.74. The number of aliphatic hydroxyl groups is 1. The minimum Gasteiger partial charge on any atom is -0.493 e. The molecule has 0 radical (unpaired) electrons. The molecule has 96 valence electrons. The Morgan fingerprint density at radius 2 is 1.95 bits per heavy atom. The van der Waals surface area contributed by atoms with Gasteiger partial charge in [0, 0.05) is 11.8 Å². The molecule has 3 rings (SSSR count). The molecule has 0 amide bonds. The molecule has 0 fully saturated rings. The van der Waals surface area contributed by atoms with E-state index in [1.165, 1.54) is 0 Å². The second kappa shape index (κ2) is 4.37. The zero-order valence-electron chi connectivity index (χ0n) is 10.4. The molecule has 2 aromatic heterocycles. The third-order valence-corrected chi connectivity index (χ3v) is 3.08. The summed E-state index contributed by atoms with van der Waals surface area (Å²) in [6, 6.07) is 7.47. The van der Waals surface area contributed by atoms with Gasteiger partial charge in [0.1, 0.15) is 5.69 Å². The SMILES string of the molecule is Cc1nc2cnc(-c3ccc(CO)cc3)cn2c1O. The molecule has 0 unspecified atom stereocenters. The van der Waals surface area contributed by atoms with Gasteiger partial charge < -0.3 is 10.2 Å². The lowest BCUT2D eigenvalue weighted by atomic mass is 10.1. The van der Waals surface area contributed by atoms with Crippen molar-refractivity contribution in [3.8, 4) is 17.1 Å². The van der Waals surface area contributed by atoms with E-state index >= 15 is 0 Å². The summed E-state index contributed by atoms with van der Waals surface area (Å²) >= 11 is 0. The van der Waals surface area contributed by atoms with Gasteiger partial charge in [-0.05, 0) is 12.5 Å². The Bertz CT molecular complexity index is 732. The molecule has 0 atom stereocenters. The van der Waals surface area contributed by atoms with E-state index in [9.17, 15) is 5.11 Å². The molecule has 0 spiro atoms. The molecule has 3 aromatic rings. The van der Waals surface area contributed by atoms with Gasteiger partial charge in [-0.15, -0.1) is 0 Å². The van der Waals surface area contributed by atoms with Gasteiger partial charge in [-0.3, -0.25) is 9.38 Å². The lowest BCUT2D eigenvalue weighted by Gasteiger charge is -2.03. The second-order valence-electron chi connectivity index (χ2n) is 4.38. The molecule has 0 aliphatic heterocycles. The minimum atomic E-state index is 0.0221. The van der Waals surface area contributed by atoms with Crippen molar-refractivity contribution in [2.45, 2.75) is 13.5 Å². The third-order valence-electron chi connectivity index (χ3n) is 3.08. The van der Waals surface area contributed by atoms with Crippen LogP contribution in [0, 0.1) is 6.92 Å². The maximum Gasteiger partial charge on any atom is 0.219 e. The Kier molecular flexibility index (Phi) is 2.68. The van der Waals surface area contributed by atoms with E-state index < -0.39 is 0 Å². The van der Waals surface area contributed by atoms with Gasteiger partial charge in [-0.2, -0.15) is 0 Å². The van der Waals surface area contributed by atoms with Crippen molar-refractivity contribution >= 4 is 5.65 Å². The fourth-order valence-corrected chi connectivity index (χ4v) is 1.99. The first kappa shape index (κ1) is 11.7. The quantitative estimate of drug-likeness (QED) is 0.733. The first-order valence-corrected chi connectivity index (χ1v) is 5.93. The maximum absolute atomic E-state index is 9.89. The van der Waals surface area contributed by atoms with E-state index in [4.69, 9.17) is 5.11 Å². The summed E-state index contributed by atoms with van der Waals surface area (Å²) in [7, 11) is 0. The summed E-state index contributed by atoms with van der Waals surface area (Å²) in [6.07, 6.45) is 3.38. The summed E-state index contributed by atoms with van der Waals surface area (Å²) in [5.41, 5.74) is 3.71. The van der Waals surface area contributed by atoms with Crippen LogP contribution < -0.4 is 0 Å². The summed E-state index contributed by atoms with van der Waals surface area (Å²) in [5, 5.41) is 18.9. The van der Waals surface area contributed by atoms with Crippen molar-refractivity contribution in [3.05, 3.63) is 47.9 Å². The van der Waals surface area contributed by atoms with Crippen LogP contribution in [0.25, 0.3) is 16.9 Å². The van der Waals surface area contributed by atoms with Crippen LogP contribution in [0.5, 0.6) is 5.88 Å². The van der Waals surface area contributed by atoms with Crippen LogP contribution in [-0.4, -0.2) is 24.6 Å². The van der Waals surface area contributed by atoms with Crippen molar-refractivity contribution < 1.29 is 10.2 Å². The van der Waals surface area contributed by atoms with E-state index in [0.717, 1.165) is 16.8 Å². The van der Waals surface area contributed by atoms with Crippen LogP contribution in [0.4, 0.5) is 0 Å². The predicted molar refractivity (Wildman–Crippen MR) is 70.7 cm³/mol. The second-order valence-corrected chi connectivity index (χ2v) is 4.38. The first-order chi connectivity index (χ1) is 9.19. The predicted octanol–water partition coefficient (Wildman–Crippen LogP) is 1.90. The molecule has 0 aliphatic carbocycles. The van der Waals surface area contributed by atoms with E-state index in [2.05, 4.69) is 9.97 Å². The molecular formula is C14H13N3O2. The largest absolute Gasteiger partial charge is 0.493 e. The summed E-state index contributed by atoms with van der Waals surface area (Å²) < 4.78 is 1.61. The summed E-state index contributed by atoms with van der Waals surface area (Å²) in [6.45, 7) is 1.77. The van der Waals surface area contributed by atoms with Gasteiger partial charge in [-0.1, -0.05) is 24.3 Å². The smallest absolute Gasteiger partial charge is 0.219 e. The Labute approximate surface area is 109 Å². The van der Waals surface area contributed by atoms with Gasteiger partial charge in [0.25, 0.3) is 0 Å². The van der Waals surface area contributed by atoms with E-state index in [1.807, 2.05) is 24.3 Å². The highest BCUT2D eigenvalue weighted by atomic mass is 16.3. The van der Waals surface area contributed by atoms with E-state index in [1.54, 1.807) is 23.7 Å². The number of nitrogens with zero attached hydrogens (tertiary/aromatic N) is 3. The van der Waals surface area contributed by atoms with Crippen LogP contribution in [0.15, 0.2) is 36.7 Å². The van der Waals surface area contributed by atoms with Gasteiger partial charge in [0.05, 0.1) is 18.5 Å². The van der Waals surface area contributed by atoms with Crippen LogP contribution in [0.3, 0.4) is 0 Å². The third kappa shape index (κ3) is 1.94. The topological polar surface area (TPSA) is 70.7 Å². The molecule has 0 bridgehead atoms. The number of fused-ring (bicyclic) bond motifs is 1. The van der Waals surface area contributed by atoms with Crippen LogP contribution in [0.1, 0.15) is 11.3 Å². The van der Waals surface area contributed by atoms with Crippen molar-refractivity contribution in [3.63, 3.8) is 0 Å². The standard InChI is InChI=1S/C14H13N3O2/c1-9-14(19)17-7-12(15-6-13(17)16-9)11-4-2-10(8-18)3-5-11/h2-7,18-19H,8H2,1H3. The summed E-state index contributed by atoms with van der Waals surface area (Å²) in [4.78, 5) is 8.52. The molecule has 0 saturated carbocycles. The molecule has 5 heteroatoms. The fraction of sp³-hybridized carbons (Fsp3) is 0.143. The molecule has 2 heterocycles. The number of rotatable bonds is 2. The van der Waals surface area contributed by atoms with Crippen molar-refractivity contribution in [1.82, 2.24) is 14.4 Å². The number of hydrogen-bond donors (Lipinski definition) is 2. The number of benzene rings is 1. The Balaban J connectivity index is 2.11. The van der Waals surface area contributed by atoms with Crippen LogP contribution in [0.2, 0.25) is 0 Å². The Morgan fingerprint density at radius 3 is 2.63 bits per heavy atom. The monoisotopic (exact) mass is 255 g/mol. The van der Waals surface area contributed by atoms with Crippen LogP contribution >= 0.6 is 0 Å². The number of aromatic hydroxyl groups is 1. The highest BCUT2D eigenvalue weighted by Gasteiger charge is 2.09. The molecule has 5 nitrogen and oxygen atoms in total. The lowest BCUT2D eigenvalue weighted by molar-refractivity contribution is 0.282. The number of imidazole rings is 1. The normalized spacial score (nSPS) is 11.1. The highest BCUT2D eigenvalue weighted by molar-refractivity contribution is 5.60. The maximum atomic E-state index is 9.89. The Morgan fingerprint density at radius 1 is 1.21 bits per heavy atom. The molecule has 2 N–H and O–H groups in total. The molecular weight excluding hydrogens is 242 g/mol. The molecule has 0 saturated heterocycles. The first-order valence-electron chi connectivity index (χ1n) is 5.93. The van der Waals surface area contributed by atoms with E-state index in [-0.39, 0.29) is 12.5 Å². The zero-order chi connectivity index (χ0) is 13.4. The van der Waals surface area contributed by atoms with Crippen molar-refractivity contribution in [1.29, 1.82) is 0 Å². The molecule has 19 heavy (non-hydrogen) atoms. The molecule has 1 aromatic carbocycles. The lowest BCUT2D eigenvalue weighted by Crippen LogP contribution is -1.91. The summed E-state index contributed by atoms with van der Waals surface area (Å²) in [5.74, 6) is 0.130. The number of aliphatic hydroxyl groups excluding tert-OH is 1. The number of hydrogen-bond acceptors (Lipinski definition) is 4. The molecule has 0 aliphatic rings. The van der Waals surface area contributed by atoms with Gasteiger partial charge in [0.15, 0.2) is 5.65 Å². The van der Waals surface area contributed by atoms with Crippen molar-refractivity contribution in [2.24, 2.45) is 0 Å². The number of aromatic nitrogens is 3. The van der Waals surface area contributed by atoms with Gasteiger partial charge >= 0.3 is 0 Å². The number of aryl methyl sites for hydroxylation is 1. The van der Waals surface area contributed by atoms with Gasteiger partial charge in [0.2, 0.25) is 5.88 Å². The van der Waals surface area contributed by atoms with Gasteiger partial charge in [-0.25, -0.2) is 4.98 Å². The highest BCUT2D eigenvalue weighted by Crippen LogP contribution is 2.22. The fourth-order valence-electron chi connectivity index (χ4n) is 1.99. The Hall–Kier alpha value is -2.40. The van der Waals surface area contributed by atoms with Crippen molar-refractivity contribution in [2.75, 3.05) is 0 Å². The van der Waals surface area contributed by atoms with E-state index in [0.29, 0.717) is 11.3 Å². The zero-order valence-corrected chi connectivity index (χ0v) is 10.4. The van der Waals surface area contributed by atoms with Crippen LogP contribution in [-0.2, 0) is 6.61 Å².